The summed E-state index contributed by atoms with van der Waals surface area (Å²) in [6.45, 7) is 3.21. The highest BCUT2D eigenvalue weighted by molar-refractivity contribution is 5.84. The molecule has 2 aliphatic heterocycles. The molecule has 17 heavy (non-hydrogen) atoms. The lowest BCUT2D eigenvalue weighted by atomic mass is 9.92. The first-order valence-electron chi connectivity index (χ1n) is 6.17. The van der Waals surface area contributed by atoms with Gasteiger partial charge in [0.1, 0.15) is 0 Å². The first kappa shape index (κ1) is 12.4. The minimum atomic E-state index is -0.933. The van der Waals surface area contributed by atoms with E-state index in [-0.39, 0.29) is 24.2 Å². The van der Waals surface area contributed by atoms with E-state index >= 15 is 0 Å². The summed E-state index contributed by atoms with van der Waals surface area (Å²) in [6, 6.07) is 0.0738. The van der Waals surface area contributed by atoms with Gasteiger partial charge in [0.15, 0.2) is 0 Å². The van der Waals surface area contributed by atoms with Gasteiger partial charge in [-0.2, -0.15) is 0 Å². The Balaban J connectivity index is 1.87. The fraction of sp³-hybridized carbons (Fsp3) is 0.833. The van der Waals surface area contributed by atoms with Gasteiger partial charge in [-0.15, -0.1) is 0 Å². The summed E-state index contributed by atoms with van der Waals surface area (Å²) in [4.78, 5) is 22.7. The normalized spacial score (nSPS) is 34.4. The van der Waals surface area contributed by atoms with Crippen molar-refractivity contribution in [2.45, 2.75) is 51.4 Å². The van der Waals surface area contributed by atoms with Gasteiger partial charge in [-0.25, -0.2) is 0 Å². The molecule has 0 aromatic rings. The lowest BCUT2D eigenvalue weighted by Gasteiger charge is -2.23. The summed E-state index contributed by atoms with van der Waals surface area (Å²) in [5, 5.41) is 11.8. The Bertz CT molecular complexity index is 330. The highest BCUT2D eigenvalue weighted by Gasteiger charge is 2.42. The number of rotatable bonds is 4. The second kappa shape index (κ2) is 4.64. The number of nitrogens with one attached hydrogen (secondary N) is 1. The van der Waals surface area contributed by atoms with Crippen molar-refractivity contribution < 1.29 is 19.4 Å². The van der Waals surface area contributed by atoms with Crippen LogP contribution in [-0.4, -0.2) is 35.2 Å². The van der Waals surface area contributed by atoms with Crippen molar-refractivity contribution in [3.63, 3.8) is 0 Å². The van der Waals surface area contributed by atoms with E-state index in [1.165, 1.54) is 0 Å². The van der Waals surface area contributed by atoms with Crippen molar-refractivity contribution >= 4 is 11.9 Å². The Kier molecular flexibility index (Phi) is 3.38. The zero-order chi connectivity index (χ0) is 12.6. The quantitative estimate of drug-likeness (QED) is 0.762. The van der Waals surface area contributed by atoms with Crippen LogP contribution in [0.5, 0.6) is 0 Å². The van der Waals surface area contributed by atoms with E-state index in [0.29, 0.717) is 0 Å². The maximum absolute atomic E-state index is 11.9. The molecule has 2 heterocycles. The minimum Gasteiger partial charge on any atom is -0.481 e. The van der Waals surface area contributed by atoms with Crippen LogP contribution in [0.3, 0.4) is 0 Å². The lowest BCUT2D eigenvalue weighted by Crippen LogP contribution is -2.45. The molecular formula is C12H19NO4. The summed E-state index contributed by atoms with van der Waals surface area (Å²) >= 11 is 0. The van der Waals surface area contributed by atoms with Gasteiger partial charge in [-0.05, 0) is 19.3 Å². The maximum Gasteiger partial charge on any atom is 0.307 e. The van der Waals surface area contributed by atoms with Crippen molar-refractivity contribution in [1.29, 1.82) is 0 Å². The molecule has 5 nitrogen and oxygen atoms in total. The molecule has 2 rings (SSSR count). The van der Waals surface area contributed by atoms with Gasteiger partial charge in [-0.3, -0.25) is 9.59 Å². The summed E-state index contributed by atoms with van der Waals surface area (Å²) < 4.78 is 5.64. The molecule has 2 bridgehead atoms. The fourth-order valence-corrected chi connectivity index (χ4v) is 2.54. The number of carboxylic acids is 1. The fourth-order valence-electron chi connectivity index (χ4n) is 2.54. The molecule has 0 aromatic carbocycles. The van der Waals surface area contributed by atoms with E-state index in [2.05, 4.69) is 5.32 Å². The van der Waals surface area contributed by atoms with Crippen molar-refractivity contribution in [3.8, 4) is 0 Å². The average Bonchev–Trinajstić information content (AvgIpc) is 2.88. The van der Waals surface area contributed by atoms with E-state index in [9.17, 15) is 9.59 Å². The van der Waals surface area contributed by atoms with Gasteiger partial charge >= 0.3 is 5.97 Å². The molecule has 2 saturated heterocycles. The molecule has 5 heteroatoms. The molecule has 96 valence electrons. The van der Waals surface area contributed by atoms with Gasteiger partial charge in [0.25, 0.3) is 0 Å². The third-order valence-electron chi connectivity index (χ3n) is 3.99. The van der Waals surface area contributed by atoms with Crippen LogP contribution in [0.15, 0.2) is 0 Å². The second-order valence-corrected chi connectivity index (χ2v) is 5.14. The third kappa shape index (κ3) is 2.44. The van der Waals surface area contributed by atoms with Crippen LogP contribution in [0.25, 0.3) is 0 Å². The zero-order valence-corrected chi connectivity index (χ0v) is 10.2. The maximum atomic E-state index is 11.9. The first-order chi connectivity index (χ1) is 7.99. The van der Waals surface area contributed by atoms with Crippen LogP contribution in [0.2, 0.25) is 0 Å². The molecule has 2 N–H and O–H groups in total. The topological polar surface area (TPSA) is 75.6 Å². The molecule has 5 unspecified atom stereocenters. The summed E-state index contributed by atoms with van der Waals surface area (Å²) in [7, 11) is 0. The van der Waals surface area contributed by atoms with E-state index in [1.54, 1.807) is 13.8 Å². The molecule has 5 atom stereocenters. The Morgan fingerprint density at radius 3 is 2.47 bits per heavy atom. The van der Waals surface area contributed by atoms with Crippen LogP contribution in [0, 0.1) is 11.8 Å². The van der Waals surface area contributed by atoms with Gasteiger partial charge in [0.2, 0.25) is 5.91 Å². The van der Waals surface area contributed by atoms with Crippen molar-refractivity contribution in [2.75, 3.05) is 0 Å². The molecule has 0 saturated carbocycles. The van der Waals surface area contributed by atoms with Crippen LogP contribution >= 0.6 is 0 Å². The minimum absolute atomic E-state index is 0.0738. The Hall–Kier alpha value is -1.10. The number of hydrogen-bond acceptors (Lipinski definition) is 3. The van der Waals surface area contributed by atoms with Crippen molar-refractivity contribution in [1.82, 2.24) is 5.32 Å². The highest BCUT2D eigenvalue weighted by atomic mass is 16.5. The van der Waals surface area contributed by atoms with E-state index in [1.807, 2.05) is 0 Å². The number of fused-ring (bicyclic) bond motifs is 2. The number of hydrogen-bond donors (Lipinski definition) is 2. The SMILES string of the molecule is CC(C(=O)O)C(C)C(=O)NC1CC2CCC1O2. The monoisotopic (exact) mass is 241 g/mol. The Morgan fingerprint density at radius 2 is 2.00 bits per heavy atom. The van der Waals surface area contributed by atoms with Crippen LogP contribution in [0.4, 0.5) is 0 Å². The molecule has 0 radical (unpaired) electrons. The average molecular weight is 241 g/mol. The van der Waals surface area contributed by atoms with Crippen molar-refractivity contribution in [2.24, 2.45) is 11.8 Å². The number of ether oxygens (including phenoxy) is 1. The van der Waals surface area contributed by atoms with Gasteiger partial charge in [-0.1, -0.05) is 13.8 Å². The second-order valence-electron chi connectivity index (χ2n) is 5.14. The van der Waals surface area contributed by atoms with E-state index in [4.69, 9.17) is 9.84 Å². The molecule has 0 spiro atoms. The predicted octanol–water partition coefficient (Wildman–Crippen LogP) is 0.779. The Morgan fingerprint density at radius 1 is 1.29 bits per heavy atom. The van der Waals surface area contributed by atoms with Crippen molar-refractivity contribution in [3.05, 3.63) is 0 Å². The Labute approximate surface area is 101 Å². The number of aliphatic carboxylic acids is 1. The number of carbonyl (C=O) groups is 2. The smallest absolute Gasteiger partial charge is 0.307 e. The third-order valence-corrected chi connectivity index (χ3v) is 3.99. The standard InChI is InChI=1S/C12H19NO4/c1-6(7(2)12(15)16)11(14)13-9-5-8-3-4-10(9)17-8/h6-10H,3-5H2,1-2H3,(H,13,14)(H,15,16). The summed E-state index contributed by atoms with van der Waals surface area (Å²) in [5.74, 6) is -2.28. The molecule has 2 aliphatic rings. The van der Waals surface area contributed by atoms with E-state index in [0.717, 1.165) is 19.3 Å². The van der Waals surface area contributed by atoms with Gasteiger partial charge in [0.05, 0.1) is 24.2 Å². The molecular weight excluding hydrogens is 222 g/mol. The van der Waals surface area contributed by atoms with E-state index < -0.39 is 17.8 Å². The van der Waals surface area contributed by atoms with Gasteiger partial charge in [0, 0.05) is 5.92 Å². The number of amides is 1. The predicted molar refractivity (Wildman–Crippen MR) is 60.4 cm³/mol. The lowest BCUT2D eigenvalue weighted by molar-refractivity contribution is -0.146. The molecule has 0 aliphatic carbocycles. The molecule has 1 amide bonds. The number of carboxylic acid groups (broad SMARTS) is 1. The molecule has 0 aromatic heterocycles. The number of carbonyl (C=O) groups excluding carboxylic acids is 1. The summed E-state index contributed by atoms with van der Waals surface area (Å²) in [5.41, 5.74) is 0. The van der Waals surface area contributed by atoms with Gasteiger partial charge < -0.3 is 15.2 Å². The van der Waals surface area contributed by atoms with Crippen LogP contribution < -0.4 is 5.32 Å². The summed E-state index contributed by atoms with van der Waals surface area (Å²) in [6.07, 6.45) is 3.37. The highest BCUT2D eigenvalue weighted by Crippen LogP contribution is 2.34. The van der Waals surface area contributed by atoms with Crippen LogP contribution in [-0.2, 0) is 14.3 Å². The zero-order valence-electron chi connectivity index (χ0n) is 10.2. The molecule has 2 fully saturated rings. The largest absolute Gasteiger partial charge is 0.481 e. The van der Waals surface area contributed by atoms with Crippen LogP contribution in [0.1, 0.15) is 33.1 Å². The first-order valence-corrected chi connectivity index (χ1v) is 6.17.